The topological polar surface area (TPSA) is 114 Å². The minimum atomic E-state index is -0.490. The highest BCUT2D eigenvalue weighted by Crippen LogP contribution is 2.15. The molecule has 0 atom stereocenters. The molecule has 0 aliphatic heterocycles. The van der Waals surface area contributed by atoms with Crippen LogP contribution in [0.4, 0.5) is 11.4 Å². The summed E-state index contributed by atoms with van der Waals surface area (Å²) >= 11 is 1.37. The van der Waals surface area contributed by atoms with Crippen molar-refractivity contribution < 1.29 is 14.5 Å². The summed E-state index contributed by atoms with van der Waals surface area (Å²) in [5.74, 6) is -0.496. The first-order valence-corrected chi connectivity index (χ1v) is 9.82. The lowest BCUT2D eigenvalue weighted by Gasteiger charge is -2.06. The van der Waals surface area contributed by atoms with Crippen LogP contribution in [0.25, 0.3) is 0 Å². The van der Waals surface area contributed by atoms with Crippen LogP contribution in [0.2, 0.25) is 0 Å². The first-order valence-electron chi connectivity index (χ1n) is 8.94. The number of carbonyl (C=O) groups excluding carboxylic acids is 2. The number of nitrogens with zero attached hydrogens (tertiary/aromatic N) is 2. The van der Waals surface area contributed by atoms with Crippen LogP contribution in [-0.2, 0) is 11.2 Å². The van der Waals surface area contributed by atoms with Crippen LogP contribution < -0.4 is 10.7 Å². The van der Waals surface area contributed by atoms with E-state index < -0.39 is 4.92 Å². The Hall–Kier alpha value is -3.85. The van der Waals surface area contributed by atoms with E-state index in [0.717, 1.165) is 5.56 Å². The van der Waals surface area contributed by atoms with Gasteiger partial charge in [0.25, 0.3) is 11.6 Å². The van der Waals surface area contributed by atoms with E-state index in [2.05, 4.69) is 15.8 Å². The van der Waals surface area contributed by atoms with Gasteiger partial charge in [0.1, 0.15) is 0 Å². The van der Waals surface area contributed by atoms with Crippen molar-refractivity contribution in [1.29, 1.82) is 0 Å². The molecule has 0 saturated carbocycles. The van der Waals surface area contributed by atoms with Gasteiger partial charge in [-0.2, -0.15) is 5.10 Å². The Morgan fingerprint density at radius 3 is 2.37 bits per heavy atom. The fourth-order valence-corrected chi connectivity index (χ4v) is 3.19. The molecule has 8 nitrogen and oxygen atoms in total. The van der Waals surface area contributed by atoms with Gasteiger partial charge >= 0.3 is 0 Å². The van der Waals surface area contributed by atoms with Crippen LogP contribution >= 0.6 is 11.3 Å². The molecule has 0 bridgehead atoms. The van der Waals surface area contributed by atoms with E-state index in [1.165, 1.54) is 35.6 Å². The number of thiophene rings is 1. The smallest absolute Gasteiger partial charge is 0.269 e. The van der Waals surface area contributed by atoms with Crippen LogP contribution in [0, 0.1) is 10.1 Å². The van der Waals surface area contributed by atoms with Gasteiger partial charge in [-0.1, -0.05) is 30.3 Å². The van der Waals surface area contributed by atoms with Crippen molar-refractivity contribution in [3.63, 3.8) is 0 Å². The summed E-state index contributed by atoms with van der Waals surface area (Å²) in [4.78, 5) is 34.9. The third kappa shape index (κ3) is 5.58. The van der Waals surface area contributed by atoms with Crippen molar-refractivity contribution in [2.24, 2.45) is 5.10 Å². The molecule has 1 heterocycles. The molecule has 2 amide bonds. The Morgan fingerprint density at radius 1 is 1.07 bits per heavy atom. The lowest BCUT2D eigenvalue weighted by Crippen LogP contribution is -2.21. The number of carbonyl (C=O) groups is 2. The molecule has 0 spiro atoms. The van der Waals surface area contributed by atoms with Gasteiger partial charge in [-0.05, 0) is 41.6 Å². The number of hydrazone groups is 1. The van der Waals surface area contributed by atoms with Crippen molar-refractivity contribution in [3.8, 4) is 0 Å². The first kappa shape index (κ1) is 20.9. The molecule has 0 aliphatic carbocycles. The van der Waals surface area contributed by atoms with E-state index in [1.54, 1.807) is 37.3 Å². The minimum absolute atomic E-state index is 0.0250. The molecule has 9 heteroatoms. The molecule has 1 aromatic heterocycles. The standard InChI is InChI=1S/C21H18N4O4S/c1-14(23-24-20(26)13-15-4-10-18(11-5-15)25(28)29)16-6-8-17(9-7-16)22-21(27)19-3-2-12-30-19/h2-12H,13H2,1H3,(H,22,27)(H,24,26). The van der Waals surface area contributed by atoms with Gasteiger partial charge in [0.15, 0.2) is 0 Å². The molecule has 3 aromatic rings. The molecule has 0 saturated heterocycles. The molecular weight excluding hydrogens is 404 g/mol. The monoisotopic (exact) mass is 422 g/mol. The lowest BCUT2D eigenvalue weighted by molar-refractivity contribution is -0.384. The number of hydrogen-bond acceptors (Lipinski definition) is 6. The number of hydrogen-bond donors (Lipinski definition) is 2. The van der Waals surface area contributed by atoms with Crippen LogP contribution in [-0.4, -0.2) is 22.4 Å². The van der Waals surface area contributed by atoms with Crippen LogP contribution in [0.5, 0.6) is 0 Å². The molecule has 152 valence electrons. The number of rotatable bonds is 7. The van der Waals surface area contributed by atoms with E-state index >= 15 is 0 Å². The SMILES string of the molecule is CC(=NNC(=O)Cc1ccc([N+](=O)[O-])cc1)c1ccc(NC(=O)c2cccs2)cc1. The van der Waals surface area contributed by atoms with Gasteiger partial charge < -0.3 is 5.32 Å². The summed E-state index contributed by atoms with van der Waals surface area (Å²) in [6, 6.07) is 16.5. The molecule has 30 heavy (non-hydrogen) atoms. The van der Waals surface area contributed by atoms with Crippen LogP contribution in [0.3, 0.4) is 0 Å². The van der Waals surface area contributed by atoms with Crippen molar-refractivity contribution >= 4 is 40.2 Å². The Kier molecular flexibility index (Phi) is 6.66. The maximum Gasteiger partial charge on any atom is 0.269 e. The molecule has 0 fully saturated rings. The zero-order valence-electron chi connectivity index (χ0n) is 16.0. The highest BCUT2D eigenvalue weighted by atomic mass is 32.1. The summed E-state index contributed by atoms with van der Waals surface area (Å²) in [5, 5.41) is 19.4. The maximum absolute atomic E-state index is 12.1. The van der Waals surface area contributed by atoms with E-state index in [4.69, 9.17) is 0 Å². The van der Waals surface area contributed by atoms with Crippen molar-refractivity contribution in [2.75, 3.05) is 5.32 Å². The second kappa shape index (κ2) is 9.57. The third-order valence-corrected chi connectivity index (χ3v) is 5.03. The average Bonchev–Trinajstić information content (AvgIpc) is 3.28. The van der Waals surface area contributed by atoms with Gasteiger partial charge in [-0.3, -0.25) is 19.7 Å². The normalized spacial score (nSPS) is 11.0. The largest absolute Gasteiger partial charge is 0.321 e. The molecule has 2 N–H and O–H groups in total. The molecule has 0 radical (unpaired) electrons. The molecule has 2 aromatic carbocycles. The minimum Gasteiger partial charge on any atom is -0.321 e. The van der Waals surface area contributed by atoms with E-state index in [-0.39, 0.29) is 23.9 Å². The summed E-state index contributed by atoms with van der Waals surface area (Å²) < 4.78 is 0. The Labute approximate surface area is 176 Å². The van der Waals surface area contributed by atoms with Crippen LogP contribution in [0.15, 0.2) is 71.1 Å². The summed E-state index contributed by atoms with van der Waals surface area (Å²) in [6.07, 6.45) is 0.0580. The first-order chi connectivity index (χ1) is 14.4. The quantitative estimate of drug-likeness (QED) is 0.340. The number of nitro groups is 1. The average molecular weight is 422 g/mol. The Morgan fingerprint density at radius 2 is 1.77 bits per heavy atom. The molecular formula is C21H18N4O4S. The van der Waals surface area contributed by atoms with E-state index in [1.807, 2.05) is 11.4 Å². The number of benzene rings is 2. The van der Waals surface area contributed by atoms with Crippen molar-refractivity contribution in [3.05, 3.63) is 92.2 Å². The van der Waals surface area contributed by atoms with Gasteiger partial charge in [0, 0.05) is 17.8 Å². The van der Waals surface area contributed by atoms with Gasteiger partial charge in [0.2, 0.25) is 5.91 Å². The Balaban J connectivity index is 1.55. The number of non-ortho nitro benzene ring substituents is 1. The lowest BCUT2D eigenvalue weighted by atomic mass is 10.1. The second-order valence-corrected chi connectivity index (χ2v) is 7.29. The zero-order chi connectivity index (χ0) is 21.5. The molecule has 0 unspecified atom stereocenters. The third-order valence-electron chi connectivity index (χ3n) is 4.17. The Bertz CT molecular complexity index is 1080. The van der Waals surface area contributed by atoms with Crippen LogP contribution in [0.1, 0.15) is 27.7 Å². The predicted octanol–water partition coefficient (Wildman–Crippen LogP) is 3.99. The highest BCUT2D eigenvalue weighted by molar-refractivity contribution is 7.12. The zero-order valence-corrected chi connectivity index (χ0v) is 16.8. The number of amides is 2. The molecule has 0 aliphatic rings. The predicted molar refractivity (Wildman–Crippen MR) is 116 cm³/mol. The fourth-order valence-electron chi connectivity index (χ4n) is 2.57. The fraction of sp³-hybridized carbons (Fsp3) is 0.0952. The second-order valence-electron chi connectivity index (χ2n) is 6.34. The molecule has 3 rings (SSSR count). The highest BCUT2D eigenvalue weighted by Gasteiger charge is 2.09. The number of anilines is 1. The van der Waals surface area contributed by atoms with Gasteiger partial charge in [0.05, 0.1) is 21.9 Å². The van der Waals surface area contributed by atoms with Gasteiger partial charge in [-0.25, -0.2) is 5.43 Å². The summed E-state index contributed by atoms with van der Waals surface area (Å²) in [7, 11) is 0. The van der Waals surface area contributed by atoms with E-state index in [9.17, 15) is 19.7 Å². The van der Waals surface area contributed by atoms with Gasteiger partial charge in [-0.15, -0.1) is 11.3 Å². The van der Waals surface area contributed by atoms with Crippen molar-refractivity contribution in [1.82, 2.24) is 5.43 Å². The van der Waals surface area contributed by atoms with E-state index in [0.29, 0.717) is 21.8 Å². The summed E-state index contributed by atoms with van der Waals surface area (Å²) in [6.45, 7) is 1.76. The van der Waals surface area contributed by atoms with Crippen molar-refractivity contribution in [2.45, 2.75) is 13.3 Å². The number of nitro benzene ring substituents is 1. The number of nitrogens with one attached hydrogen (secondary N) is 2. The maximum atomic E-state index is 12.1. The summed E-state index contributed by atoms with van der Waals surface area (Å²) in [5.41, 5.74) is 5.15.